The van der Waals surface area contributed by atoms with Crippen molar-refractivity contribution in [2.24, 2.45) is 0 Å². The van der Waals surface area contributed by atoms with E-state index in [1.807, 2.05) is 6.92 Å². The average Bonchev–Trinajstić information content (AvgIpc) is 2.80. The first-order chi connectivity index (χ1) is 10.1. The molecule has 1 aromatic carbocycles. The van der Waals surface area contributed by atoms with Crippen LogP contribution in [0.15, 0.2) is 28.7 Å². The first-order valence-corrected chi connectivity index (χ1v) is 8.51. The monoisotopic (exact) mass is 371 g/mol. The van der Waals surface area contributed by atoms with Gasteiger partial charge in [-0.2, -0.15) is 0 Å². The van der Waals surface area contributed by atoms with E-state index in [1.165, 1.54) is 10.9 Å². The van der Waals surface area contributed by atoms with Crippen LogP contribution in [0.5, 0.6) is 5.75 Å². The molecule has 0 saturated carbocycles. The van der Waals surface area contributed by atoms with Gasteiger partial charge in [-0.1, -0.05) is 13.0 Å². The topological polar surface area (TPSA) is 21.3 Å². The second-order valence-electron chi connectivity index (χ2n) is 4.80. The quantitative estimate of drug-likeness (QED) is 0.766. The zero-order valence-electron chi connectivity index (χ0n) is 12.4. The molecule has 1 N–H and O–H groups in total. The molecule has 0 aliphatic carbocycles. The molecule has 0 aliphatic heterocycles. The number of ether oxygens (including phenoxy) is 1. The molecular formula is C16H19BrFNOS. The van der Waals surface area contributed by atoms with Gasteiger partial charge in [0.05, 0.1) is 18.7 Å². The molecule has 2 rings (SSSR count). The van der Waals surface area contributed by atoms with Crippen LogP contribution in [0.25, 0.3) is 0 Å². The zero-order valence-corrected chi connectivity index (χ0v) is 14.8. The van der Waals surface area contributed by atoms with E-state index < -0.39 is 0 Å². The summed E-state index contributed by atoms with van der Waals surface area (Å²) in [5, 5.41) is 3.43. The van der Waals surface area contributed by atoms with Crippen molar-refractivity contribution in [2.45, 2.75) is 26.3 Å². The van der Waals surface area contributed by atoms with Crippen LogP contribution in [-0.4, -0.2) is 13.7 Å². The number of nitrogens with one attached hydrogen (secondary N) is 1. The molecule has 2 aromatic rings. The summed E-state index contributed by atoms with van der Waals surface area (Å²) in [4.78, 5) is 2.26. The van der Waals surface area contributed by atoms with Gasteiger partial charge in [-0.15, -0.1) is 11.3 Å². The summed E-state index contributed by atoms with van der Waals surface area (Å²) < 4.78 is 20.8. The SMILES string of the molecule is CCCNC(c1cc(Br)c(C)s1)c1c(F)cccc1OC. The lowest BCUT2D eigenvalue weighted by atomic mass is 10.0. The maximum absolute atomic E-state index is 14.4. The van der Waals surface area contributed by atoms with Crippen LogP contribution in [0.1, 0.15) is 34.7 Å². The van der Waals surface area contributed by atoms with Crippen molar-refractivity contribution in [3.8, 4) is 5.75 Å². The number of halogens is 2. The normalized spacial score (nSPS) is 12.4. The van der Waals surface area contributed by atoms with Crippen LogP contribution in [-0.2, 0) is 0 Å². The van der Waals surface area contributed by atoms with Gasteiger partial charge in [0.2, 0.25) is 0 Å². The number of hydrogen-bond donors (Lipinski definition) is 1. The molecule has 0 spiro atoms. The minimum Gasteiger partial charge on any atom is -0.496 e. The Balaban J connectivity index is 2.50. The molecule has 21 heavy (non-hydrogen) atoms. The molecule has 0 bridgehead atoms. The fourth-order valence-corrected chi connectivity index (χ4v) is 3.88. The van der Waals surface area contributed by atoms with Crippen molar-refractivity contribution in [2.75, 3.05) is 13.7 Å². The Kier molecular flexibility index (Phi) is 5.79. The van der Waals surface area contributed by atoms with E-state index in [4.69, 9.17) is 4.74 Å². The van der Waals surface area contributed by atoms with Crippen molar-refractivity contribution in [1.29, 1.82) is 0 Å². The number of hydrogen-bond acceptors (Lipinski definition) is 3. The van der Waals surface area contributed by atoms with Gasteiger partial charge in [-0.05, 0) is 54.0 Å². The lowest BCUT2D eigenvalue weighted by Crippen LogP contribution is -2.24. The molecule has 0 fully saturated rings. The molecule has 0 amide bonds. The molecule has 1 aromatic heterocycles. The van der Waals surface area contributed by atoms with E-state index in [0.717, 1.165) is 22.3 Å². The minimum absolute atomic E-state index is 0.198. The first-order valence-electron chi connectivity index (χ1n) is 6.90. The minimum atomic E-state index is -0.245. The van der Waals surface area contributed by atoms with Crippen molar-refractivity contribution < 1.29 is 9.13 Å². The highest BCUT2D eigenvalue weighted by atomic mass is 79.9. The molecule has 0 aliphatic rings. The fraction of sp³-hybridized carbons (Fsp3) is 0.375. The van der Waals surface area contributed by atoms with Crippen LogP contribution in [0.2, 0.25) is 0 Å². The highest BCUT2D eigenvalue weighted by Crippen LogP contribution is 2.38. The van der Waals surface area contributed by atoms with Crippen LogP contribution in [0, 0.1) is 12.7 Å². The maximum atomic E-state index is 14.4. The molecule has 2 nitrogen and oxygen atoms in total. The van der Waals surface area contributed by atoms with Gasteiger partial charge < -0.3 is 10.1 Å². The van der Waals surface area contributed by atoms with Crippen LogP contribution < -0.4 is 10.1 Å². The number of aryl methyl sites for hydroxylation is 1. The maximum Gasteiger partial charge on any atom is 0.132 e. The number of methoxy groups -OCH3 is 1. The Morgan fingerprint density at radius 2 is 2.19 bits per heavy atom. The highest BCUT2D eigenvalue weighted by Gasteiger charge is 2.23. The van der Waals surface area contributed by atoms with Crippen LogP contribution >= 0.6 is 27.3 Å². The summed E-state index contributed by atoms with van der Waals surface area (Å²) in [6, 6.07) is 6.81. The molecular weight excluding hydrogens is 353 g/mol. The Labute approximate surface area is 137 Å². The molecule has 1 unspecified atom stereocenters. The summed E-state index contributed by atoms with van der Waals surface area (Å²) >= 11 is 5.20. The third-order valence-corrected chi connectivity index (χ3v) is 5.48. The van der Waals surface area contributed by atoms with E-state index >= 15 is 0 Å². The van der Waals surface area contributed by atoms with Crippen molar-refractivity contribution in [3.63, 3.8) is 0 Å². The third-order valence-electron chi connectivity index (χ3n) is 3.28. The smallest absolute Gasteiger partial charge is 0.132 e. The summed E-state index contributed by atoms with van der Waals surface area (Å²) in [6.07, 6.45) is 0.985. The van der Waals surface area contributed by atoms with Crippen molar-refractivity contribution in [3.05, 3.63) is 49.9 Å². The van der Waals surface area contributed by atoms with Gasteiger partial charge in [0, 0.05) is 14.2 Å². The van der Waals surface area contributed by atoms with Crippen molar-refractivity contribution >= 4 is 27.3 Å². The highest BCUT2D eigenvalue weighted by molar-refractivity contribution is 9.10. The second kappa shape index (κ2) is 7.38. The first kappa shape index (κ1) is 16.5. The van der Waals surface area contributed by atoms with E-state index in [0.29, 0.717) is 11.3 Å². The molecule has 1 atom stereocenters. The van der Waals surface area contributed by atoms with Gasteiger partial charge in [0.15, 0.2) is 0 Å². The number of rotatable bonds is 6. The van der Waals surface area contributed by atoms with E-state index in [1.54, 1.807) is 30.6 Å². The molecule has 0 radical (unpaired) electrons. The van der Waals surface area contributed by atoms with E-state index in [2.05, 4.69) is 34.2 Å². The largest absolute Gasteiger partial charge is 0.496 e. The van der Waals surface area contributed by atoms with Gasteiger partial charge in [-0.25, -0.2) is 4.39 Å². The summed E-state index contributed by atoms with van der Waals surface area (Å²) in [7, 11) is 1.57. The van der Waals surface area contributed by atoms with E-state index in [9.17, 15) is 4.39 Å². The van der Waals surface area contributed by atoms with E-state index in [-0.39, 0.29) is 11.9 Å². The summed E-state index contributed by atoms with van der Waals surface area (Å²) in [6.45, 7) is 4.96. The predicted molar refractivity (Wildman–Crippen MR) is 89.8 cm³/mol. The lowest BCUT2D eigenvalue weighted by molar-refractivity contribution is 0.397. The molecule has 5 heteroatoms. The van der Waals surface area contributed by atoms with Crippen LogP contribution in [0.4, 0.5) is 4.39 Å². The Bertz CT molecular complexity index is 595. The van der Waals surface area contributed by atoms with Crippen molar-refractivity contribution in [1.82, 2.24) is 5.32 Å². The van der Waals surface area contributed by atoms with Crippen LogP contribution in [0.3, 0.4) is 0 Å². The Hall–Kier alpha value is -0.910. The molecule has 114 valence electrons. The summed E-state index contributed by atoms with van der Waals surface area (Å²) in [5.41, 5.74) is 0.571. The number of benzene rings is 1. The molecule has 0 saturated heterocycles. The Morgan fingerprint density at radius 1 is 1.43 bits per heavy atom. The number of thiophene rings is 1. The lowest BCUT2D eigenvalue weighted by Gasteiger charge is -2.20. The zero-order chi connectivity index (χ0) is 15.4. The standard InChI is InChI=1S/C16H19BrFNOS/c1-4-8-19-16(14-9-11(17)10(2)21-14)15-12(18)6-5-7-13(15)20-3/h5-7,9,16,19H,4,8H2,1-3H3. The average molecular weight is 372 g/mol. The van der Waals surface area contributed by atoms with Gasteiger partial charge in [0.25, 0.3) is 0 Å². The van der Waals surface area contributed by atoms with Gasteiger partial charge in [0.1, 0.15) is 11.6 Å². The molecule has 1 heterocycles. The van der Waals surface area contributed by atoms with Gasteiger partial charge >= 0.3 is 0 Å². The second-order valence-corrected chi connectivity index (χ2v) is 6.94. The predicted octanol–water partition coefficient (Wildman–Crippen LogP) is 5.06. The summed E-state index contributed by atoms with van der Waals surface area (Å²) in [5.74, 6) is 0.330. The van der Waals surface area contributed by atoms with Gasteiger partial charge in [-0.3, -0.25) is 0 Å². The third kappa shape index (κ3) is 3.65. The Morgan fingerprint density at radius 3 is 2.76 bits per heavy atom. The fourth-order valence-electron chi connectivity index (χ4n) is 2.23.